The van der Waals surface area contributed by atoms with Gasteiger partial charge in [-0.15, -0.1) is 0 Å². The van der Waals surface area contributed by atoms with Gasteiger partial charge in [0.2, 0.25) is 5.91 Å². The monoisotopic (exact) mass is 356 g/mol. The summed E-state index contributed by atoms with van der Waals surface area (Å²) in [7, 11) is 0. The Balaban J connectivity index is 2.32. The molecule has 0 saturated heterocycles. The smallest absolute Gasteiger partial charge is 0.326 e. The molecule has 0 saturated carbocycles. The van der Waals surface area contributed by atoms with Gasteiger partial charge in [0.15, 0.2) is 0 Å². The maximum Gasteiger partial charge on any atom is 0.326 e. The lowest BCUT2D eigenvalue weighted by atomic mass is 10.1. The number of nitrogens with one attached hydrogen (secondary N) is 2. The molecule has 134 valence electrons. The van der Waals surface area contributed by atoms with Gasteiger partial charge in [0.25, 0.3) is 5.91 Å². The van der Waals surface area contributed by atoms with Gasteiger partial charge in [-0.25, -0.2) is 4.79 Å². The molecular weight excluding hydrogens is 332 g/mol. The summed E-state index contributed by atoms with van der Waals surface area (Å²) >= 11 is 1.41. The highest BCUT2D eigenvalue weighted by Crippen LogP contribution is 2.08. The summed E-state index contributed by atoms with van der Waals surface area (Å²) in [5.74, 6) is -1.79. The summed E-state index contributed by atoms with van der Waals surface area (Å²) in [6.45, 7) is 5.99. The second kappa shape index (κ2) is 9.39. The molecule has 24 heavy (non-hydrogen) atoms. The summed E-state index contributed by atoms with van der Waals surface area (Å²) in [4.78, 5) is 34.7. The van der Waals surface area contributed by atoms with Crippen LogP contribution in [0, 0.1) is 0 Å². The quantitative estimate of drug-likeness (QED) is 0.624. The van der Waals surface area contributed by atoms with E-state index in [0.29, 0.717) is 5.56 Å². The minimum absolute atomic E-state index is 0.0137. The van der Waals surface area contributed by atoms with Crippen molar-refractivity contribution in [3.8, 4) is 0 Å². The van der Waals surface area contributed by atoms with E-state index in [1.165, 1.54) is 11.3 Å². The molecule has 0 aliphatic carbocycles. The van der Waals surface area contributed by atoms with Gasteiger partial charge >= 0.3 is 5.97 Å². The summed E-state index contributed by atoms with van der Waals surface area (Å²) in [5.41, 5.74) is 0.182. The second-order valence-corrected chi connectivity index (χ2v) is 7.01. The first-order chi connectivity index (χ1) is 11.2. The molecular formula is C16H24N2O5S. The van der Waals surface area contributed by atoms with Crippen LogP contribution in [0.2, 0.25) is 0 Å². The molecule has 0 aliphatic rings. The van der Waals surface area contributed by atoms with Crippen LogP contribution in [0.1, 0.15) is 44.0 Å². The number of hydrogen-bond acceptors (Lipinski definition) is 5. The minimum atomic E-state index is -1.11. The number of rotatable bonds is 9. The Bertz CT molecular complexity index is 551. The average molecular weight is 356 g/mol. The third-order valence-corrected chi connectivity index (χ3v) is 3.68. The van der Waals surface area contributed by atoms with Crippen molar-refractivity contribution < 1.29 is 24.2 Å². The molecule has 0 fully saturated rings. The van der Waals surface area contributed by atoms with Gasteiger partial charge in [-0.3, -0.25) is 9.59 Å². The van der Waals surface area contributed by atoms with Crippen molar-refractivity contribution in [2.24, 2.45) is 0 Å². The third kappa shape index (κ3) is 8.07. The Labute approximate surface area is 145 Å². The lowest BCUT2D eigenvalue weighted by molar-refractivity contribution is -0.142. The van der Waals surface area contributed by atoms with Crippen molar-refractivity contribution >= 4 is 29.1 Å². The largest absolute Gasteiger partial charge is 0.480 e. The number of thiophene rings is 1. The lowest BCUT2D eigenvalue weighted by Crippen LogP contribution is -2.43. The van der Waals surface area contributed by atoms with Crippen molar-refractivity contribution in [2.45, 2.75) is 45.3 Å². The highest BCUT2D eigenvalue weighted by molar-refractivity contribution is 7.08. The van der Waals surface area contributed by atoms with Gasteiger partial charge in [0.1, 0.15) is 6.04 Å². The number of carboxylic acids is 1. The molecule has 1 atom stereocenters. The predicted octanol–water partition coefficient (Wildman–Crippen LogP) is 1.64. The molecule has 1 aromatic heterocycles. The Morgan fingerprint density at radius 2 is 2.04 bits per heavy atom. The molecule has 2 amide bonds. The molecule has 7 nitrogen and oxygen atoms in total. The highest BCUT2D eigenvalue weighted by atomic mass is 32.1. The van der Waals surface area contributed by atoms with E-state index in [4.69, 9.17) is 9.84 Å². The number of ether oxygens (including phenoxy) is 1. The van der Waals surface area contributed by atoms with Crippen LogP contribution in [0.25, 0.3) is 0 Å². The molecule has 0 spiro atoms. The van der Waals surface area contributed by atoms with Gasteiger partial charge in [-0.05, 0) is 32.2 Å². The van der Waals surface area contributed by atoms with Crippen LogP contribution in [0.4, 0.5) is 0 Å². The number of carbonyl (C=O) groups is 3. The van der Waals surface area contributed by atoms with E-state index in [2.05, 4.69) is 10.6 Å². The first kappa shape index (κ1) is 20.1. The van der Waals surface area contributed by atoms with Crippen LogP contribution in [-0.2, 0) is 14.3 Å². The Morgan fingerprint density at radius 1 is 1.33 bits per heavy atom. The number of hydrogen-bond donors (Lipinski definition) is 3. The van der Waals surface area contributed by atoms with Gasteiger partial charge < -0.3 is 20.5 Å². The van der Waals surface area contributed by atoms with Crippen LogP contribution < -0.4 is 10.6 Å². The number of carbonyl (C=O) groups excluding carboxylic acids is 2. The molecule has 1 unspecified atom stereocenters. The number of carboxylic acid groups (broad SMARTS) is 1. The standard InChI is InChI=1S/C16H24N2O5S/c1-16(2,3)23-8-5-12(15(21)22)18-13(19)4-7-17-14(20)11-6-9-24-10-11/h6,9-10,12H,4-5,7-8H2,1-3H3,(H,17,20)(H,18,19)(H,21,22). The van der Waals surface area contributed by atoms with Crippen LogP contribution in [0.3, 0.4) is 0 Å². The first-order valence-corrected chi connectivity index (χ1v) is 8.60. The van der Waals surface area contributed by atoms with Crippen molar-refractivity contribution in [1.29, 1.82) is 0 Å². The zero-order valence-corrected chi connectivity index (χ0v) is 14.9. The lowest BCUT2D eigenvalue weighted by Gasteiger charge is -2.21. The van der Waals surface area contributed by atoms with Gasteiger partial charge in [0, 0.05) is 36.9 Å². The van der Waals surface area contributed by atoms with Crippen LogP contribution >= 0.6 is 11.3 Å². The maximum atomic E-state index is 11.8. The van der Waals surface area contributed by atoms with Gasteiger partial charge in [-0.2, -0.15) is 11.3 Å². The second-order valence-electron chi connectivity index (χ2n) is 6.23. The zero-order chi connectivity index (χ0) is 18.2. The van der Waals surface area contributed by atoms with Gasteiger partial charge in [0.05, 0.1) is 5.60 Å². The molecule has 0 radical (unpaired) electrons. The fourth-order valence-electron chi connectivity index (χ4n) is 1.79. The normalized spacial score (nSPS) is 12.5. The van der Waals surface area contributed by atoms with Crippen LogP contribution in [0.15, 0.2) is 16.8 Å². The molecule has 3 N–H and O–H groups in total. The topological polar surface area (TPSA) is 105 Å². The molecule has 0 aliphatic heterocycles. The summed E-state index contributed by atoms with van der Waals surface area (Å²) in [6, 6.07) is 0.683. The Hall–Kier alpha value is -1.93. The fraction of sp³-hybridized carbons (Fsp3) is 0.562. The summed E-state index contributed by atoms with van der Waals surface area (Å²) in [5, 5.41) is 17.7. The third-order valence-electron chi connectivity index (χ3n) is 3.00. The molecule has 1 rings (SSSR count). The molecule has 1 aromatic rings. The van der Waals surface area contributed by atoms with E-state index in [1.807, 2.05) is 20.8 Å². The van der Waals surface area contributed by atoms with Crippen molar-refractivity contribution in [1.82, 2.24) is 10.6 Å². The molecule has 8 heteroatoms. The van der Waals surface area contributed by atoms with E-state index in [-0.39, 0.29) is 37.5 Å². The van der Waals surface area contributed by atoms with Crippen LogP contribution in [0.5, 0.6) is 0 Å². The van der Waals surface area contributed by atoms with E-state index in [9.17, 15) is 14.4 Å². The fourth-order valence-corrected chi connectivity index (χ4v) is 2.43. The van der Waals surface area contributed by atoms with Crippen molar-refractivity contribution in [3.05, 3.63) is 22.4 Å². The van der Waals surface area contributed by atoms with E-state index in [0.717, 1.165) is 0 Å². The Morgan fingerprint density at radius 3 is 2.58 bits per heavy atom. The predicted molar refractivity (Wildman–Crippen MR) is 91.2 cm³/mol. The van der Waals surface area contributed by atoms with Crippen LogP contribution in [-0.4, -0.2) is 47.7 Å². The minimum Gasteiger partial charge on any atom is -0.480 e. The van der Waals surface area contributed by atoms with Gasteiger partial charge in [-0.1, -0.05) is 0 Å². The highest BCUT2D eigenvalue weighted by Gasteiger charge is 2.21. The van der Waals surface area contributed by atoms with E-state index in [1.54, 1.807) is 16.8 Å². The van der Waals surface area contributed by atoms with Crippen molar-refractivity contribution in [3.63, 3.8) is 0 Å². The van der Waals surface area contributed by atoms with Crippen molar-refractivity contribution in [2.75, 3.05) is 13.2 Å². The SMILES string of the molecule is CC(C)(C)OCCC(NC(=O)CCNC(=O)c1ccsc1)C(=O)O. The summed E-state index contributed by atoms with van der Waals surface area (Å²) in [6.07, 6.45) is 0.194. The average Bonchev–Trinajstić information content (AvgIpc) is 2.98. The molecule has 0 bridgehead atoms. The summed E-state index contributed by atoms with van der Waals surface area (Å²) < 4.78 is 5.47. The Kier molecular flexibility index (Phi) is 7.87. The van der Waals surface area contributed by atoms with E-state index >= 15 is 0 Å². The maximum absolute atomic E-state index is 11.8. The first-order valence-electron chi connectivity index (χ1n) is 7.65. The van der Waals surface area contributed by atoms with E-state index < -0.39 is 17.9 Å². The molecule has 0 aromatic carbocycles. The molecule has 1 heterocycles. The number of amides is 2. The number of aliphatic carboxylic acids is 1. The zero-order valence-electron chi connectivity index (χ0n) is 14.1.